The topological polar surface area (TPSA) is 212 Å². The highest BCUT2D eigenvalue weighted by molar-refractivity contribution is 6.07. The largest absolute Gasteiger partial charge is 0.507 e. The van der Waals surface area contributed by atoms with Crippen LogP contribution in [0.4, 0.5) is 16.3 Å². The SMILES string of the molecule is CCCCCCOC(=O)/N=C(\N)c1ccc(NCc2nc3cc(C(=O)N(CCC(=O)OCC)c4ccccn4)ccc3n2C)cc1.O=C(O)c1ccccc1O. The number of nitrogens with one attached hydrogen (secondary N) is 1. The summed E-state index contributed by atoms with van der Waals surface area (Å²) in [5.41, 5.74) is 9.33. The van der Waals surface area contributed by atoms with E-state index in [1.807, 2.05) is 29.8 Å². The van der Waals surface area contributed by atoms with Crippen LogP contribution in [0.15, 0.2) is 96.1 Å². The number of aromatic nitrogens is 3. The van der Waals surface area contributed by atoms with Crippen molar-refractivity contribution >= 4 is 52.3 Å². The minimum atomic E-state index is -1.11. The fraction of sp³-hybridized carbons (Fsp3) is 0.293. The number of phenols is 1. The number of aryl methyl sites for hydroxylation is 1. The molecule has 0 bridgehead atoms. The fourth-order valence-electron chi connectivity index (χ4n) is 5.44. The van der Waals surface area contributed by atoms with Gasteiger partial charge in [-0.1, -0.05) is 44.4 Å². The zero-order valence-corrected chi connectivity index (χ0v) is 31.7. The van der Waals surface area contributed by atoms with Crippen LogP contribution in [0.2, 0.25) is 0 Å². The maximum Gasteiger partial charge on any atom is 0.435 e. The molecule has 0 radical (unpaired) electrons. The molecule has 0 saturated heterocycles. The number of aromatic carboxylic acids is 1. The molecule has 3 aromatic carbocycles. The average Bonchev–Trinajstić information content (AvgIpc) is 3.52. The number of carboxylic acids is 1. The summed E-state index contributed by atoms with van der Waals surface area (Å²) < 4.78 is 12.1. The van der Waals surface area contributed by atoms with E-state index in [0.29, 0.717) is 35.6 Å². The van der Waals surface area contributed by atoms with Gasteiger partial charge < -0.3 is 35.3 Å². The first-order valence-electron chi connectivity index (χ1n) is 18.2. The number of hydrogen-bond donors (Lipinski definition) is 4. The van der Waals surface area contributed by atoms with Gasteiger partial charge >= 0.3 is 18.0 Å². The Morgan fingerprint density at radius 1 is 0.911 bits per heavy atom. The molecule has 294 valence electrons. The van der Waals surface area contributed by atoms with Gasteiger partial charge in [-0.3, -0.25) is 14.5 Å². The number of esters is 1. The van der Waals surface area contributed by atoms with E-state index < -0.39 is 12.1 Å². The second-order valence-corrected chi connectivity index (χ2v) is 12.4. The van der Waals surface area contributed by atoms with Crippen LogP contribution in [0.3, 0.4) is 0 Å². The molecular formula is C41H47N7O8. The first-order chi connectivity index (χ1) is 27.0. The highest BCUT2D eigenvalue weighted by Gasteiger charge is 2.21. The Bertz CT molecular complexity index is 2120. The summed E-state index contributed by atoms with van der Waals surface area (Å²) in [6, 6.07) is 23.7. The Labute approximate surface area is 324 Å². The Hall–Kier alpha value is -6.77. The molecule has 15 nitrogen and oxygen atoms in total. The molecule has 56 heavy (non-hydrogen) atoms. The Balaban J connectivity index is 0.000000604. The second kappa shape index (κ2) is 21.2. The van der Waals surface area contributed by atoms with Crippen LogP contribution in [0.1, 0.15) is 78.1 Å². The van der Waals surface area contributed by atoms with Crippen molar-refractivity contribution in [3.05, 3.63) is 114 Å². The van der Waals surface area contributed by atoms with Gasteiger partial charge in [-0.05, 0) is 80.1 Å². The van der Waals surface area contributed by atoms with Crippen molar-refractivity contribution in [1.29, 1.82) is 0 Å². The highest BCUT2D eigenvalue weighted by Crippen LogP contribution is 2.22. The van der Waals surface area contributed by atoms with Gasteiger partial charge in [0.25, 0.3) is 5.91 Å². The van der Waals surface area contributed by atoms with Crippen molar-refractivity contribution in [2.75, 3.05) is 30.0 Å². The lowest BCUT2D eigenvalue weighted by Gasteiger charge is -2.21. The number of carbonyl (C=O) groups is 4. The predicted octanol–water partition coefficient (Wildman–Crippen LogP) is 6.69. The van der Waals surface area contributed by atoms with E-state index in [4.69, 9.17) is 30.4 Å². The zero-order chi connectivity index (χ0) is 40.5. The number of nitrogens with zero attached hydrogens (tertiary/aromatic N) is 5. The molecule has 0 aliphatic rings. The first-order valence-corrected chi connectivity index (χ1v) is 18.2. The molecule has 5 N–H and O–H groups in total. The van der Waals surface area contributed by atoms with E-state index in [0.717, 1.165) is 42.7 Å². The third kappa shape index (κ3) is 12.1. The van der Waals surface area contributed by atoms with Crippen LogP contribution in [0.5, 0.6) is 5.75 Å². The Morgan fingerprint density at radius 2 is 1.64 bits per heavy atom. The molecule has 0 aliphatic heterocycles. The minimum absolute atomic E-state index is 0.0455. The van der Waals surface area contributed by atoms with E-state index >= 15 is 0 Å². The standard InChI is InChI=1S/C34H41N7O5.C7H6O3/c1-4-6-7-10-21-46-34(44)39-32(35)24-12-15-26(16-13-24)37-23-30-38-27-22-25(14-17-28(27)40(30)3)33(43)41(20-18-31(42)45-5-2)29-11-8-9-19-36-29;8-6-4-2-1-3-5(6)7(9)10/h8-9,11-17,19,22,37H,4-7,10,18,20-21,23H2,1-3H3,(H2,35,39,44);1-4,8H,(H,9,10). The van der Waals surface area contributed by atoms with Crippen LogP contribution in [-0.4, -0.2) is 74.3 Å². The molecule has 0 aliphatic carbocycles. The number of aromatic hydroxyl groups is 1. The van der Waals surface area contributed by atoms with Gasteiger partial charge in [0.2, 0.25) is 0 Å². The maximum absolute atomic E-state index is 13.6. The molecular weight excluding hydrogens is 718 g/mol. The monoisotopic (exact) mass is 765 g/mol. The van der Waals surface area contributed by atoms with Gasteiger partial charge in [-0.2, -0.15) is 4.99 Å². The zero-order valence-electron chi connectivity index (χ0n) is 31.7. The number of para-hydroxylation sites is 1. The minimum Gasteiger partial charge on any atom is -0.507 e. The van der Waals surface area contributed by atoms with Crippen molar-refractivity contribution in [2.45, 2.75) is 52.5 Å². The molecule has 0 fully saturated rings. The lowest BCUT2D eigenvalue weighted by Crippen LogP contribution is -2.34. The number of aliphatic imine (C=N–C) groups is 1. The molecule has 2 heterocycles. The molecule has 5 rings (SSSR count). The number of anilines is 2. The van der Waals surface area contributed by atoms with E-state index in [9.17, 15) is 19.2 Å². The Morgan fingerprint density at radius 3 is 2.30 bits per heavy atom. The molecule has 5 aromatic rings. The first kappa shape index (κ1) is 42.0. The summed E-state index contributed by atoms with van der Waals surface area (Å²) >= 11 is 0. The molecule has 2 aromatic heterocycles. The fourth-order valence-corrected chi connectivity index (χ4v) is 5.44. The molecule has 15 heteroatoms. The van der Waals surface area contributed by atoms with Crippen LogP contribution >= 0.6 is 0 Å². The van der Waals surface area contributed by atoms with E-state index in [1.165, 1.54) is 17.0 Å². The van der Waals surface area contributed by atoms with Gasteiger partial charge in [0.1, 0.15) is 28.8 Å². The normalized spacial score (nSPS) is 10.9. The van der Waals surface area contributed by atoms with Crippen molar-refractivity contribution in [2.24, 2.45) is 17.8 Å². The smallest absolute Gasteiger partial charge is 0.435 e. The number of fused-ring (bicyclic) bond motifs is 1. The van der Waals surface area contributed by atoms with Gasteiger partial charge in [0.05, 0.1) is 37.2 Å². The second-order valence-electron chi connectivity index (χ2n) is 12.4. The number of hydrogen-bond acceptors (Lipinski definition) is 10. The molecule has 2 amide bonds. The number of amidine groups is 1. The van der Waals surface area contributed by atoms with Gasteiger partial charge in [-0.25, -0.2) is 19.6 Å². The third-order valence-corrected chi connectivity index (χ3v) is 8.44. The van der Waals surface area contributed by atoms with Gasteiger partial charge in [0, 0.05) is 36.6 Å². The van der Waals surface area contributed by atoms with E-state index in [2.05, 4.69) is 22.2 Å². The summed E-state index contributed by atoms with van der Waals surface area (Å²) in [4.78, 5) is 62.3. The number of unbranched alkanes of at least 4 members (excludes halogenated alkanes) is 3. The maximum atomic E-state index is 13.6. The number of carboxylic acid groups (broad SMARTS) is 1. The van der Waals surface area contributed by atoms with Gasteiger partial charge in [0.15, 0.2) is 0 Å². The van der Waals surface area contributed by atoms with Crippen molar-refractivity contribution in [1.82, 2.24) is 14.5 Å². The quantitative estimate of drug-likeness (QED) is 0.0358. The summed E-state index contributed by atoms with van der Waals surface area (Å²) in [6.45, 7) is 5.02. The lowest BCUT2D eigenvalue weighted by molar-refractivity contribution is -0.142. The number of rotatable bonds is 16. The third-order valence-electron chi connectivity index (χ3n) is 8.44. The number of nitrogens with two attached hydrogens (primary N) is 1. The van der Waals surface area contributed by atoms with Crippen LogP contribution < -0.4 is 16.0 Å². The number of amides is 2. The molecule has 0 unspecified atom stereocenters. The van der Waals surface area contributed by atoms with Crippen molar-refractivity contribution in [3.63, 3.8) is 0 Å². The van der Waals surface area contributed by atoms with Crippen molar-refractivity contribution < 1.29 is 38.9 Å². The molecule has 0 atom stereocenters. The van der Waals surface area contributed by atoms with E-state index in [-0.39, 0.29) is 48.6 Å². The number of pyridine rings is 1. The summed E-state index contributed by atoms with van der Waals surface area (Å²) in [6.07, 6.45) is 4.99. The highest BCUT2D eigenvalue weighted by atomic mass is 16.5. The van der Waals surface area contributed by atoms with Gasteiger partial charge in [-0.15, -0.1) is 0 Å². The number of benzene rings is 3. The molecule has 0 spiro atoms. The van der Waals surface area contributed by atoms with E-state index in [1.54, 1.807) is 67.7 Å². The number of ether oxygens (including phenoxy) is 2. The summed E-state index contributed by atoms with van der Waals surface area (Å²) in [7, 11) is 1.91. The number of carbonyl (C=O) groups excluding carboxylic acids is 3. The summed E-state index contributed by atoms with van der Waals surface area (Å²) in [5.74, 6) is -0.692. The predicted molar refractivity (Wildman–Crippen MR) is 213 cm³/mol. The van der Waals surface area contributed by atoms with Crippen LogP contribution in [0.25, 0.3) is 11.0 Å². The van der Waals surface area contributed by atoms with Crippen LogP contribution in [-0.2, 0) is 27.9 Å². The summed E-state index contributed by atoms with van der Waals surface area (Å²) in [5, 5.41) is 20.7. The van der Waals surface area contributed by atoms with Crippen molar-refractivity contribution in [3.8, 4) is 5.75 Å². The average molecular weight is 766 g/mol. The van der Waals surface area contributed by atoms with Crippen LogP contribution in [0, 0.1) is 0 Å². The Kier molecular flexibility index (Phi) is 15.9. The lowest BCUT2D eigenvalue weighted by atomic mass is 10.1. The number of imidazole rings is 1. The molecule has 0 saturated carbocycles.